The Morgan fingerprint density at radius 1 is 1.09 bits per heavy atom. The second-order valence-corrected chi connectivity index (χ2v) is 9.70. The number of carboxylic acids is 1. The average Bonchev–Trinajstić information content (AvgIpc) is 3.16. The predicted molar refractivity (Wildman–Crippen MR) is 133 cm³/mol. The Morgan fingerprint density at radius 3 is 2.33 bits per heavy atom. The van der Waals surface area contributed by atoms with Crippen LogP contribution in [0.4, 0.5) is 0 Å². The van der Waals surface area contributed by atoms with Gasteiger partial charge in [-0.15, -0.1) is 0 Å². The van der Waals surface area contributed by atoms with Gasteiger partial charge in [0, 0.05) is 23.2 Å². The fourth-order valence-corrected chi connectivity index (χ4v) is 4.34. The molecule has 170 valence electrons. The number of rotatable bonds is 5. The van der Waals surface area contributed by atoms with Crippen LogP contribution in [0.25, 0.3) is 33.2 Å². The fraction of sp³-hybridized carbons (Fsp3) is 0.259. The van der Waals surface area contributed by atoms with Gasteiger partial charge in [0.15, 0.2) is 6.10 Å². The van der Waals surface area contributed by atoms with E-state index in [9.17, 15) is 9.90 Å². The molecule has 0 aliphatic heterocycles. The molecular weight excluding hydrogens is 436 g/mol. The van der Waals surface area contributed by atoms with Crippen molar-refractivity contribution in [2.45, 2.75) is 39.4 Å². The molecule has 6 heteroatoms. The summed E-state index contributed by atoms with van der Waals surface area (Å²) in [6.45, 7) is 7.53. The van der Waals surface area contributed by atoms with Gasteiger partial charge < -0.3 is 14.4 Å². The molecule has 0 radical (unpaired) electrons. The highest BCUT2D eigenvalue weighted by atomic mass is 35.5. The number of nitrogens with zero attached hydrogens (tertiary/aromatic N) is 2. The van der Waals surface area contributed by atoms with E-state index in [-0.39, 0.29) is 0 Å². The van der Waals surface area contributed by atoms with Crippen molar-refractivity contribution < 1.29 is 14.6 Å². The van der Waals surface area contributed by atoms with E-state index >= 15 is 0 Å². The van der Waals surface area contributed by atoms with Gasteiger partial charge in [-0.1, -0.05) is 41.9 Å². The van der Waals surface area contributed by atoms with Gasteiger partial charge in [0.2, 0.25) is 0 Å². The Balaban J connectivity index is 2.03. The zero-order chi connectivity index (χ0) is 23.9. The number of ether oxygens (including phenoxy) is 1. The normalized spacial score (nSPS) is 12.8. The van der Waals surface area contributed by atoms with E-state index < -0.39 is 17.7 Å². The summed E-state index contributed by atoms with van der Waals surface area (Å²) in [4.78, 5) is 16.6. The predicted octanol–water partition coefficient (Wildman–Crippen LogP) is 6.81. The Labute approximate surface area is 198 Å². The van der Waals surface area contributed by atoms with Gasteiger partial charge >= 0.3 is 5.97 Å². The van der Waals surface area contributed by atoms with Crippen molar-refractivity contribution in [2.24, 2.45) is 7.05 Å². The fourth-order valence-electron chi connectivity index (χ4n) is 4.21. The lowest BCUT2D eigenvalue weighted by atomic mass is 9.86. The number of aromatic nitrogens is 2. The monoisotopic (exact) mass is 462 g/mol. The van der Waals surface area contributed by atoms with Crippen LogP contribution in [-0.2, 0) is 16.6 Å². The average molecular weight is 463 g/mol. The summed E-state index contributed by atoms with van der Waals surface area (Å²) in [7, 11) is 1.96. The van der Waals surface area contributed by atoms with Gasteiger partial charge in [-0.05, 0) is 73.4 Å². The highest BCUT2D eigenvalue weighted by Crippen LogP contribution is 2.41. The summed E-state index contributed by atoms with van der Waals surface area (Å²) in [5.41, 5.74) is 4.65. The minimum absolute atomic E-state index is 0.622. The number of hydrogen-bond donors (Lipinski definition) is 1. The first-order valence-electron chi connectivity index (χ1n) is 10.8. The van der Waals surface area contributed by atoms with Gasteiger partial charge in [0.1, 0.15) is 0 Å². The lowest BCUT2D eigenvalue weighted by Crippen LogP contribution is -2.28. The third kappa shape index (κ3) is 4.65. The maximum Gasteiger partial charge on any atom is 0.337 e. The molecular formula is C27H27ClN2O3. The number of aliphatic carboxylic acids is 1. The third-order valence-corrected chi connectivity index (χ3v) is 5.84. The van der Waals surface area contributed by atoms with Crippen molar-refractivity contribution >= 4 is 28.3 Å². The maximum atomic E-state index is 12.4. The number of carbonyl (C=O) groups is 1. The first-order valence-corrected chi connectivity index (χ1v) is 11.1. The third-order valence-electron chi connectivity index (χ3n) is 5.59. The smallest absolute Gasteiger partial charge is 0.337 e. The molecule has 4 rings (SSSR count). The quantitative estimate of drug-likeness (QED) is 0.354. The van der Waals surface area contributed by atoms with E-state index in [1.807, 2.05) is 88.0 Å². The second-order valence-electron chi connectivity index (χ2n) is 9.26. The largest absolute Gasteiger partial charge is 0.479 e. The molecule has 5 nitrogen and oxygen atoms in total. The van der Waals surface area contributed by atoms with Gasteiger partial charge in [-0.25, -0.2) is 9.78 Å². The summed E-state index contributed by atoms with van der Waals surface area (Å²) >= 11 is 6.15. The number of benzene rings is 3. The Bertz CT molecular complexity index is 1330. The maximum absolute atomic E-state index is 12.4. The van der Waals surface area contributed by atoms with E-state index in [4.69, 9.17) is 16.3 Å². The molecule has 0 fully saturated rings. The number of halogens is 1. The molecule has 0 bridgehead atoms. The van der Waals surface area contributed by atoms with Crippen molar-refractivity contribution in [3.63, 3.8) is 0 Å². The van der Waals surface area contributed by atoms with E-state index in [2.05, 4.69) is 11.1 Å². The molecule has 0 saturated heterocycles. The summed E-state index contributed by atoms with van der Waals surface area (Å²) < 4.78 is 8.03. The van der Waals surface area contributed by atoms with Crippen LogP contribution in [0.2, 0.25) is 5.02 Å². The number of aryl methyl sites for hydroxylation is 2. The van der Waals surface area contributed by atoms with Gasteiger partial charge in [-0.3, -0.25) is 0 Å². The van der Waals surface area contributed by atoms with Crippen LogP contribution in [0.5, 0.6) is 0 Å². The molecule has 0 aliphatic carbocycles. The van der Waals surface area contributed by atoms with Gasteiger partial charge in [0.25, 0.3) is 0 Å². The number of hydrogen-bond acceptors (Lipinski definition) is 3. The van der Waals surface area contributed by atoms with Crippen LogP contribution in [0.15, 0.2) is 61.1 Å². The molecule has 4 aromatic rings. The minimum atomic E-state index is -1.11. The van der Waals surface area contributed by atoms with Crippen molar-refractivity contribution in [3.05, 3.63) is 77.2 Å². The van der Waals surface area contributed by atoms with Crippen LogP contribution < -0.4 is 0 Å². The summed E-state index contributed by atoms with van der Waals surface area (Å²) in [6.07, 6.45) is 2.49. The first-order chi connectivity index (χ1) is 15.5. The molecule has 1 aromatic heterocycles. The number of imidazole rings is 1. The molecule has 33 heavy (non-hydrogen) atoms. The summed E-state index contributed by atoms with van der Waals surface area (Å²) in [5, 5.41) is 12.7. The summed E-state index contributed by atoms with van der Waals surface area (Å²) in [6, 6.07) is 15.7. The lowest BCUT2D eigenvalue weighted by molar-refractivity contribution is -0.160. The molecule has 1 N–H and O–H groups in total. The van der Waals surface area contributed by atoms with Crippen molar-refractivity contribution in [1.82, 2.24) is 9.55 Å². The van der Waals surface area contributed by atoms with E-state index in [0.29, 0.717) is 10.6 Å². The number of carboxylic acid groups (broad SMARTS) is 1. The Morgan fingerprint density at radius 2 is 1.76 bits per heavy atom. The Kier molecular flexibility index (Phi) is 6.04. The molecule has 1 atom stereocenters. The SMILES string of the molecule is Cc1cc2cc(-c3cncn3C)ccc2c(-c2ccc(Cl)cc2)c1C(OC(C)(C)C)C(=O)O. The van der Waals surface area contributed by atoms with Gasteiger partial charge in [-0.2, -0.15) is 0 Å². The highest BCUT2D eigenvalue weighted by molar-refractivity contribution is 6.30. The topological polar surface area (TPSA) is 64.4 Å². The second kappa shape index (κ2) is 8.65. The van der Waals surface area contributed by atoms with Crippen LogP contribution in [0.3, 0.4) is 0 Å². The van der Waals surface area contributed by atoms with E-state index in [1.54, 1.807) is 6.33 Å². The van der Waals surface area contributed by atoms with E-state index in [1.165, 1.54) is 0 Å². The van der Waals surface area contributed by atoms with Crippen LogP contribution in [0.1, 0.15) is 38.0 Å². The molecule has 1 unspecified atom stereocenters. The van der Waals surface area contributed by atoms with Crippen molar-refractivity contribution in [1.29, 1.82) is 0 Å². The van der Waals surface area contributed by atoms with E-state index in [0.717, 1.165) is 38.7 Å². The summed E-state index contributed by atoms with van der Waals surface area (Å²) in [5.74, 6) is -1.02. The molecule has 0 saturated carbocycles. The number of fused-ring (bicyclic) bond motifs is 1. The van der Waals surface area contributed by atoms with Crippen LogP contribution >= 0.6 is 11.6 Å². The van der Waals surface area contributed by atoms with Crippen molar-refractivity contribution in [3.8, 4) is 22.4 Å². The van der Waals surface area contributed by atoms with Crippen LogP contribution in [-0.4, -0.2) is 26.2 Å². The molecule has 3 aromatic carbocycles. The molecule has 1 heterocycles. The van der Waals surface area contributed by atoms with Crippen molar-refractivity contribution in [2.75, 3.05) is 0 Å². The first kappa shape index (κ1) is 23.0. The van der Waals surface area contributed by atoms with Crippen LogP contribution in [0, 0.1) is 6.92 Å². The molecule has 0 spiro atoms. The Hall–Kier alpha value is -3.15. The molecule has 0 aliphatic rings. The molecule has 0 amide bonds. The zero-order valence-corrected chi connectivity index (χ0v) is 20.1. The highest BCUT2D eigenvalue weighted by Gasteiger charge is 2.31. The zero-order valence-electron chi connectivity index (χ0n) is 19.4. The van der Waals surface area contributed by atoms with Gasteiger partial charge in [0.05, 0.1) is 23.8 Å². The lowest BCUT2D eigenvalue weighted by Gasteiger charge is -2.28. The minimum Gasteiger partial charge on any atom is -0.479 e. The standard InChI is InChI=1S/C27H27ClN2O3/c1-16-12-19-13-18(22-14-29-15-30(22)5)8-11-21(19)24(17-6-9-20(28)10-7-17)23(16)25(26(31)32)33-27(2,3)4/h6-15,25H,1-5H3,(H,31,32).